The van der Waals surface area contributed by atoms with E-state index >= 15 is 0 Å². The molecule has 22 heavy (non-hydrogen) atoms. The number of piperidine rings is 1. The Bertz CT molecular complexity index is 481. The summed E-state index contributed by atoms with van der Waals surface area (Å²) in [6.45, 7) is 3.96. The van der Waals surface area contributed by atoms with Crippen LogP contribution in [-0.2, 0) is 4.79 Å². The summed E-state index contributed by atoms with van der Waals surface area (Å²) < 4.78 is 0. The molecule has 0 aliphatic carbocycles. The molecular formula is C17H26N2O3. The first-order valence-corrected chi connectivity index (χ1v) is 7.84. The number of likely N-dealkylation sites (tertiary alicyclic amines) is 1. The van der Waals surface area contributed by atoms with E-state index in [-0.39, 0.29) is 12.0 Å². The van der Waals surface area contributed by atoms with Crippen molar-refractivity contribution in [3.63, 3.8) is 0 Å². The number of hydrogen-bond acceptors (Lipinski definition) is 4. The number of nitrogens with zero attached hydrogens (tertiary/aromatic N) is 2. The number of likely N-dealkylation sites (N-methyl/N-ethyl adjacent to an activating group) is 1. The molecule has 0 radical (unpaired) electrons. The van der Waals surface area contributed by atoms with Crippen molar-refractivity contribution in [2.24, 2.45) is 0 Å². The average Bonchev–Trinajstić information content (AvgIpc) is 2.48. The maximum absolute atomic E-state index is 12.2. The van der Waals surface area contributed by atoms with Gasteiger partial charge in [0.15, 0.2) is 0 Å². The Hall–Kier alpha value is -1.43. The van der Waals surface area contributed by atoms with E-state index < -0.39 is 6.10 Å². The van der Waals surface area contributed by atoms with Crippen LogP contribution in [0.1, 0.15) is 30.1 Å². The summed E-state index contributed by atoms with van der Waals surface area (Å²) in [6.07, 6.45) is 0.440. The van der Waals surface area contributed by atoms with Gasteiger partial charge in [0.1, 0.15) is 0 Å². The van der Waals surface area contributed by atoms with E-state index in [1.54, 1.807) is 4.90 Å². The predicted molar refractivity (Wildman–Crippen MR) is 85.5 cm³/mol. The van der Waals surface area contributed by atoms with Crippen molar-refractivity contribution in [2.45, 2.75) is 32.0 Å². The second kappa shape index (κ2) is 7.72. The molecule has 1 heterocycles. The van der Waals surface area contributed by atoms with E-state index in [2.05, 4.69) is 0 Å². The Labute approximate surface area is 132 Å². The third kappa shape index (κ3) is 4.80. The summed E-state index contributed by atoms with van der Waals surface area (Å²) in [6, 6.07) is 7.79. The van der Waals surface area contributed by atoms with Crippen molar-refractivity contribution < 1.29 is 15.0 Å². The third-order valence-electron chi connectivity index (χ3n) is 4.17. The van der Waals surface area contributed by atoms with E-state index in [1.165, 1.54) is 0 Å². The topological polar surface area (TPSA) is 64.0 Å². The molecule has 5 heteroatoms. The summed E-state index contributed by atoms with van der Waals surface area (Å²) in [7, 11) is 1.84. The molecule has 0 saturated carbocycles. The molecule has 1 unspecified atom stereocenters. The molecule has 0 spiro atoms. The Balaban J connectivity index is 1.80. The van der Waals surface area contributed by atoms with Gasteiger partial charge in [0, 0.05) is 19.6 Å². The monoisotopic (exact) mass is 306 g/mol. The van der Waals surface area contributed by atoms with Crippen LogP contribution < -0.4 is 0 Å². The summed E-state index contributed by atoms with van der Waals surface area (Å²) >= 11 is 0. The zero-order chi connectivity index (χ0) is 16.1. The lowest BCUT2D eigenvalue weighted by Crippen LogP contribution is -2.44. The highest BCUT2D eigenvalue weighted by Gasteiger charge is 2.22. The van der Waals surface area contributed by atoms with Crippen LogP contribution in [0.2, 0.25) is 0 Å². The van der Waals surface area contributed by atoms with Crippen LogP contribution in [-0.4, -0.2) is 65.3 Å². The van der Waals surface area contributed by atoms with Crippen LogP contribution in [0.3, 0.4) is 0 Å². The molecule has 122 valence electrons. The van der Waals surface area contributed by atoms with E-state index in [0.717, 1.165) is 11.1 Å². The standard InChI is InChI=1S/C17H26N2O3/c1-13-3-5-14(6-4-13)16(21)11-18(2)12-17(22)19-9-7-15(20)8-10-19/h3-6,15-16,20-21H,7-12H2,1-2H3. The Morgan fingerprint density at radius 2 is 1.91 bits per heavy atom. The van der Waals surface area contributed by atoms with Crippen LogP contribution in [0.15, 0.2) is 24.3 Å². The molecule has 1 aromatic carbocycles. The van der Waals surface area contributed by atoms with Crippen molar-refractivity contribution in [3.8, 4) is 0 Å². The van der Waals surface area contributed by atoms with Crippen molar-refractivity contribution in [1.82, 2.24) is 9.80 Å². The minimum absolute atomic E-state index is 0.0607. The van der Waals surface area contributed by atoms with Gasteiger partial charge in [-0.3, -0.25) is 9.69 Å². The maximum atomic E-state index is 12.2. The number of carbonyl (C=O) groups is 1. The Kier molecular flexibility index (Phi) is 5.94. The summed E-state index contributed by atoms with van der Waals surface area (Å²) in [5.41, 5.74) is 2.03. The van der Waals surface area contributed by atoms with Gasteiger partial charge < -0.3 is 15.1 Å². The SMILES string of the molecule is Cc1ccc(C(O)CN(C)CC(=O)N2CCC(O)CC2)cc1. The lowest BCUT2D eigenvalue weighted by molar-refractivity contribution is -0.134. The summed E-state index contributed by atoms with van der Waals surface area (Å²) in [5, 5.41) is 19.7. The molecule has 5 nitrogen and oxygen atoms in total. The molecular weight excluding hydrogens is 280 g/mol. The van der Waals surface area contributed by atoms with Gasteiger partial charge in [0.05, 0.1) is 18.8 Å². The number of aryl methyl sites for hydroxylation is 1. The second-order valence-corrected chi connectivity index (χ2v) is 6.24. The molecule has 2 N–H and O–H groups in total. The Morgan fingerprint density at radius 3 is 2.50 bits per heavy atom. The first kappa shape index (κ1) is 16.9. The highest BCUT2D eigenvalue weighted by Crippen LogP contribution is 2.15. The van der Waals surface area contributed by atoms with Crippen molar-refractivity contribution in [2.75, 3.05) is 33.2 Å². The predicted octanol–water partition coefficient (Wildman–Crippen LogP) is 0.944. The van der Waals surface area contributed by atoms with Gasteiger partial charge in [-0.2, -0.15) is 0 Å². The van der Waals surface area contributed by atoms with Crippen molar-refractivity contribution >= 4 is 5.91 Å². The number of rotatable bonds is 5. The second-order valence-electron chi connectivity index (χ2n) is 6.24. The van der Waals surface area contributed by atoms with Gasteiger partial charge in [0.25, 0.3) is 0 Å². The van der Waals surface area contributed by atoms with Gasteiger partial charge in [-0.15, -0.1) is 0 Å². The quantitative estimate of drug-likeness (QED) is 0.850. The van der Waals surface area contributed by atoms with E-state index in [9.17, 15) is 15.0 Å². The molecule has 1 atom stereocenters. The Morgan fingerprint density at radius 1 is 1.32 bits per heavy atom. The van der Waals surface area contributed by atoms with E-state index in [4.69, 9.17) is 0 Å². The minimum Gasteiger partial charge on any atom is -0.393 e. The van der Waals surface area contributed by atoms with Crippen LogP contribution in [0, 0.1) is 6.92 Å². The van der Waals surface area contributed by atoms with Gasteiger partial charge in [-0.05, 0) is 32.4 Å². The molecule has 0 bridgehead atoms. The van der Waals surface area contributed by atoms with Crippen LogP contribution in [0.4, 0.5) is 0 Å². The first-order valence-electron chi connectivity index (χ1n) is 7.84. The number of carbonyl (C=O) groups excluding carboxylic acids is 1. The van der Waals surface area contributed by atoms with Gasteiger partial charge in [-0.25, -0.2) is 0 Å². The normalized spacial score (nSPS) is 17.8. The zero-order valence-corrected chi connectivity index (χ0v) is 13.4. The van der Waals surface area contributed by atoms with Gasteiger partial charge in [0.2, 0.25) is 5.91 Å². The number of amides is 1. The molecule has 1 aliphatic rings. The number of benzene rings is 1. The largest absolute Gasteiger partial charge is 0.393 e. The van der Waals surface area contributed by atoms with Gasteiger partial charge in [-0.1, -0.05) is 29.8 Å². The zero-order valence-electron chi connectivity index (χ0n) is 13.4. The van der Waals surface area contributed by atoms with Gasteiger partial charge >= 0.3 is 0 Å². The average molecular weight is 306 g/mol. The molecule has 1 aliphatic heterocycles. The molecule has 1 amide bonds. The van der Waals surface area contributed by atoms with Crippen LogP contribution in [0.5, 0.6) is 0 Å². The van der Waals surface area contributed by atoms with Crippen molar-refractivity contribution in [3.05, 3.63) is 35.4 Å². The minimum atomic E-state index is -0.596. The van der Waals surface area contributed by atoms with Crippen LogP contribution >= 0.6 is 0 Å². The smallest absolute Gasteiger partial charge is 0.236 e. The fourth-order valence-electron chi connectivity index (χ4n) is 2.70. The summed E-state index contributed by atoms with van der Waals surface area (Å²) in [4.78, 5) is 15.8. The third-order valence-corrected chi connectivity index (χ3v) is 4.17. The van der Waals surface area contributed by atoms with E-state index in [1.807, 2.05) is 43.1 Å². The first-order chi connectivity index (χ1) is 10.5. The molecule has 1 fully saturated rings. The lowest BCUT2D eigenvalue weighted by Gasteiger charge is -2.31. The molecule has 0 aromatic heterocycles. The lowest BCUT2D eigenvalue weighted by atomic mass is 10.1. The highest BCUT2D eigenvalue weighted by molar-refractivity contribution is 5.78. The number of aliphatic hydroxyl groups excluding tert-OH is 2. The number of aliphatic hydroxyl groups is 2. The molecule has 2 rings (SSSR count). The van der Waals surface area contributed by atoms with Crippen LogP contribution in [0.25, 0.3) is 0 Å². The van der Waals surface area contributed by atoms with Crippen molar-refractivity contribution in [1.29, 1.82) is 0 Å². The summed E-state index contributed by atoms with van der Waals surface area (Å²) in [5.74, 6) is 0.0607. The molecule has 1 aromatic rings. The number of hydrogen-bond donors (Lipinski definition) is 2. The van der Waals surface area contributed by atoms with E-state index in [0.29, 0.717) is 39.0 Å². The maximum Gasteiger partial charge on any atom is 0.236 e. The molecule has 1 saturated heterocycles. The highest BCUT2D eigenvalue weighted by atomic mass is 16.3. The fourth-order valence-corrected chi connectivity index (χ4v) is 2.70. The fraction of sp³-hybridized carbons (Fsp3) is 0.588.